The van der Waals surface area contributed by atoms with Gasteiger partial charge in [-0.15, -0.1) is 11.3 Å². The summed E-state index contributed by atoms with van der Waals surface area (Å²) in [5.74, 6) is 0. The van der Waals surface area contributed by atoms with E-state index in [0.29, 0.717) is 9.21 Å². The molecule has 1 aromatic heterocycles. The van der Waals surface area contributed by atoms with Crippen molar-refractivity contribution in [2.75, 3.05) is 5.73 Å². The monoisotopic (exact) mass is 246 g/mol. The average Bonchev–Trinajstić information content (AvgIpc) is 2.41. The van der Waals surface area contributed by atoms with Gasteiger partial charge >= 0.3 is 0 Å². The van der Waals surface area contributed by atoms with Gasteiger partial charge in [-0.25, -0.2) is 13.1 Å². The highest BCUT2D eigenvalue weighted by Crippen LogP contribution is 2.29. The topological polar surface area (TPSA) is 72.2 Å². The van der Waals surface area contributed by atoms with Crippen LogP contribution in [0.1, 0.15) is 24.8 Å². The first-order valence-corrected chi connectivity index (χ1v) is 7.17. The van der Waals surface area contributed by atoms with E-state index in [9.17, 15) is 8.42 Å². The molecule has 0 bridgehead atoms. The lowest BCUT2D eigenvalue weighted by atomic mass is 9.94. The Bertz CT molecular complexity index is 441. The van der Waals surface area contributed by atoms with Gasteiger partial charge in [-0.3, -0.25) is 0 Å². The molecule has 1 aliphatic rings. The molecule has 15 heavy (non-hydrogen) atoms. The molecular formula is C9H14N2O2S2. The Balaban J connectivity index is 2.20. The third kappa shape index (κ3) is 2.16. The van der Waals surface area contributed by atoms with E-state index in [1.807, 2.05) is 6.92 Å². The first kappa shape index (κ1) is 10.9. The van der Waals surface area contributed by atoms with Gasteiger partial charge in [0.1, 0.15) is 4.21 Å². The van der Waals surface area contributed by atoms with Gasteiger partial charge in [0.2, 0.25) is 10.0 Å². The maximum absolute atomic E-state index is 11.8. The minimum atomic E-state index is -3.33. The number of sulfonamides is 1. The van der Waals surface area contributed by atoms with Gasteiger partial charge in [0.15, 0.2) is 0 Å². The highest BCUT2D eigenvalue weighted by atomic mass is 32.2. The van der Waals surface area contributed by atoms with Crippen LogP contribution in [-0.4, -0.2) is 14.5 Å². The van der Waals surface area contributed by atoms with Gasteiger partial charge in [0.25, 0.3) is 0 Å². The lowest BCUT2D eigenvalue weighted by Gasteiger charge is -2.25. The minimum Gasteiger partial charge on any atom is -0.390 e. The summed E-state index contributed by atoms with van der Waals surface area (Å²) < 4.78 is 26.7. The highest BCUT2D eigenvalue weighted by Gasteiger charge is 2.26. The summed E-state index contributed by atoms with van der Waals surface area (Å²) in [4.78, 5) is 0. The van der Waals surface area contributed by atoms with Gasteiger partial charge in [0.05, 0.1) is 5.00 Å². The van der Waals surface area contributed by atoms with Crippen molar-refractivity contribution in [1.82, 2.24) is 4.72 Å². The van der Waals surface area contributed by atoms with Crippen LogP contribution in [0.4, 0.5) is 5.00 Å². The standard InChI is InChI=1S/C9H14N2O2S2/c1-6-5-8(14-9(6)10)15(12,13)11-7-3-2-4-7/h5,7,11H,2-4,10H2,1H3. The molecule has 0 aromatic carbocycles. The smallest absolute Gasteiger partial charge is 0.250 e. The van der Waals surface area contributed by atoms with E-state index in [0.717, 1.165) is 36.2 Å². The second-order valence-corrected chi connectivity index (χ2v) is 6.89. The number of hydrogen-bond acceptors (Lipinski definition) is 4. The van der Waals surface area contributed by atoms with Crippen LogP contribution in [0.3, 0.4) is 0 Å². The average molecular weight is 246 g/mol. The maximum Gasteiger partial charge on any atom is 0.250 e. The van der Waals surface area contributed by atoms with Gasteiger partial charge in [-0.2, -0.15) is 0 Å². The number of rotatable bonds is 3. The van der Waals surface area contributed by atoms with Crippen LogP contribution in [0.2, 0.25) is 0 Å². The van der Waals surface area contributed by atoms with Crippen molar-refractivity contribution in [1.29, 1.82) is 0 Å². The Morgan fingerprint density at radius 3 is 2.60 bits per heavy atom. The van der Waals surface area contributed by atoms with Gasteiger partial charge in [-0.1, -0.05) is 6.42 Å². The number of hydrogen-bond donors (Lipinski definition) is 2. The van der Waals surface area contributed by atoms with E-state index in [1.54, 1.807) is 6.07 Å². The molecule has 6 heteroatoms. The van der Waals surface area contributed by atoms with Crippen molar-refractivity contribution in [3.8, 4) is 0 Å². The summed E-state index contributed by atoms with van der Waals surface area (Å²) in [6.07, 6.45) is 3.00. The van der Waals surface area contributed by atoms with E-state index in [-0.39, 0.29) is 6.04 Å². The summed E-state index contributed by atoms with van der Waals surface area (Å²) in [5, 5.41) is 0.573. The molecule has 2 rings (SSSR count). The van der Waals surface area contributed by atoms with Crippen molar-refractivity contribution in [2.24, 2.45) is 0 Å². The Morgan fingerprint density at radius 2 is 2.20 bits per heavy atom. The van der Waals surface area contributed by atoms with Gasteiger partial charge < -0.3 is 5.73 Å². The van der Waals surface area contributed by atoms with Crippen LogP contribution in [-0.2, 0) is 10.0 Å². The number of nitrogens with one attached hydrogen (secondary N) is 1. The molecule has 0 spiro atoms. The predicted octanol–water partition coefficient (Wildman–Crippen LogP) is 1.47. The number of anilines is 1. The van der Waals surface area contributed by atoms with E-state index >= 15 is 0 Å². The van der Waals surface area contributed by atoms with Crippen molar-refractivity contribution in [3.63, 3.8) is 0 Å². The fourth-order valence-electron chi connectivity index (χ4n) is 1.40. The SMILES string of the molecule is Cc1cc(S(=O)(=O)NC2CCC2)sc1N. The lowest BCUT2D eigenvalue weighted by molar-refractivity contribution is 0.384. The van der Waals surface area contributed by atoms with Crippen LogP contribution in [0.15, 0.2) is 10.3 Å². The second-order valence-electron chi connectivity index (χ2n) is 3.86. The summed E-state index contributed by atoms with van der Waals surface area (Å²) in [7, 11) is -3.33. The molecule has 4 nitrogen and oxygen atoms in total. The molecule has 0 aliphatic heterocycles. The molecule has 0 saturated heterocycles. The Hall–Kier alpha value is -0.590. The number of thiophene rings is 1. The number of nitrogen functional groups attached to an aromatic ring is 1. The zero-order valence-electron chi connectivity index (χ0n) is 8.49. The van der Waals surface area contributed by atoms with Gasteiger partial charge in [0, 0.05) is 6.04 Å². The molecule has 0 unspecified atom stereocenters. The van der Waals surface area contributed by atoms with Crippen molar-refractivity contribution in [2.45, 2.75) is 36.4 Å². The fraction of sp³-hybridized carbons (Fsp3) is 0.556. The summed E-state index contributed by atoms with van der Waals surface area (Å²) in [6.45, 7) is 1.81. The largest absolute Gasteiger partial charge is 0.390 e. The van der Waals surface area contributed by atoms with E-state index in [4.69, 9.17) is 5.73 Å². The first-order chi connectivity index (χ1) is 6.99. The lowest BCUT2D eigenvalue weighted by Crippen LogP contribution is -2.39. The molecule has 84 valence electrons. The first-order valence-electron chi connectivity index (χ1n) is 4.87. The van der Waals surface area contributed by atoms with Crippen molar-refractivity contribution in [3.05, 3.63) is 11.6 Å². The third-order valence-corrected chi connectivity index (χ3v) is 5.69. The van der Waals surface area contributed by atoms with Crippen molar-refractivity contribution < 1.29 is 8.42 Å². The molecule has 1 aliphatic carbocycles. The fourth-order valence-corrected chi connectivity index (χ4v) is 4.05. The molecular weight excluding hydrogens is 232 g/mol. The minimum absolute atomic E-state index is 0.124. The van der Waals surface area contributed by atoms with E-state index in [1.165, 1.54) is 0 Å². The molecule has 0 radical (unpaired) electrons. The molecule has 1 saturated carbocycles. The Morgan fingerprint density at radius 1 is 1.53 bits per heavy atom. The zero-order chi connectivity index (χ0) is 11.1. The van der Waals surface area contributed by atoms with Crippen LogP contribution in [0, 0.1) is 6.92 Å². The van der Waals surface area contributed by atoms with Crippen LogP contribution in [0.5, 0.6) is 0 Å². The Labute approximate surface area is 93.5 Å². The zero-order valence-corrected chi connectivity index (χ0v) is 10.1. The molecule has 1 fully saturated rings. The molecule has 1 heterocycles. The molecule has 3 N–H and O–H groups in total. The van der Waals surface area contributed by atoms with E-state index < -0.39 is 10.0 Å². The van der Waals surface area contributed by atoms with Crippen molar-refractivity contribution >= 4 is 26.4 Å². The summed E-state index contributed by atoms with van der Waals surface area (Å²) in [5.41, 5.74) is 6.47. The second kappa shape index (κ2) is 3.77. The van der Waals surface area contributed by atoms with Crippen LogP contribution >= 0.6 is 11.3 Å². The van der Waals surface area contributed by atoms with Gasteiger partial charge in [-0.05, 0) is 31.4 Å². The number of aryl methyl sites for hydroxylation is 1. The maximum atomic E-state index is 11.8. The third-order valence-electron chi connectivity index (χ3n) is 2.63. The summed E-state index contributed by atoms with van der Waals surface area (Å²) >= 11 is 1.13. The Kier molecular flexibility index (Phi) is 2.74. The molecule has 0 amide bonds. The van der Waals surface area contributed by atoms with E-state index in [2.05, 4.69) is 4.72 Å². The summed E-state index contributed by atoms with van der Waals surface area (Å²) in [6, 6.07) is 1.75. The predicted molar refractivity (Wildman–Crippen MR) is 61.4 cm³/mol. The molecule has 1 aromatic rings. The normalized spacial score (nSPS) is 17.7. The van der Waals surface area contributed by atoms with Crippen LogP contribution in [0.25, 0.3) is 0 Å². The molecule has 0 atom stereocenters. The quantitative estimate of drug-likeness (QED) is 0.848. The highest BCUT2D eigenvalue weighted by molar-refractivity contribution is 7.91. The van der Waals surface area contributed by atoms with Crippen LogP contribution < -0.4 is 10.5 Å². The number of nitrogens with two attached hydrogens (primary N) is 1.